The van der Waals surface area contributed by atoms with Gasteiger partial charge in [0.25, 0.3) is 0 Å². The summed E-state index contributed by atoms with van der Waals surface area (Å²) < 4.78 is 10.2. The second-order valence-corrected chi connectivity index (χ2v) is 5.31. The SMILES string of the molecule is CCCCOC(=O)CNC(=O)CCNc1cc(Cl)ccc1OC. The molecular formula is C16H23ClN2O4. The third-order valence-electron chi connectivity index (χ3n) is 3.02. The number of nitrogens with one attached hydrogen (secondary N) is 2. The first-order valence-corrected chi connectivity index (χ1v) is 7.94. The summed E-state index contributed by atoms with van der Waals surface area (Å²) in [5.41, 5.74) is 0.715. The first-order valence-electron chi connectivity index (χ1n) is 7.56. The molecule has 1 aromatic rings. The lowest BCUT2D eigenvalue weighted by atomic mass is 10.2. The Labute approximate surface area is 141 Å². The number of hydrogen-bond donors (Lipinski definition) is 2. The predicted octanol–water partition coefficient (Wildman–Crippen LogP) is 2.61. The van der Waals surface area contributed by atoms with Crippen molar-refractivity contribution >= 4 is 29.2 Å². The van der Waals surface area contributed by atoms with Gasteiger partial charge in [-0.15, -0.1) is 0 Å². The summed E-state index contributed by atoms with van der Waals surface area (Å²) in [6, 6.07) is 5.20. The molecule has 0 bridgehead atoms. The largest absolute Gasteiger partial charge is 0.495 e. The fraction of sp³-hybridized carbons (Fsp3) is 0.500. The summed E-state index contributed by atoms with van der Waals surface area (Å²) in [6.45, 7) is 2.69. The molecule has 0 saturated heterocycles. The molecule has 6 nitrogen and oxygen atoms in total. The molecule has 1 amide bonds. The first kappa shape index (κ1) is 19.1. The normalized spacial score (nSPS) is 10.0. The minimum atomic E-state index is -0.420. The van der Waals surface area contributed by atoms with Crippen molar-refractivity contribution in [2.75, 3.05) is 32.1 Å². The number of unbranched alkanes of at least 4 members (excludes halogenated alkanes) is 1. The van der Waals surface area contributed by atoms with Gasteiger partial charge in [0, 0.05) is 18.0 Å². The minimum Gasteiger partial charge on any atom is -0.495 e. The first-order chi connectivity index (χ1) is 11.1. The van der Waals surface area contributed by atoms with E-state index in [0.29, 0.717) is 29.6 Å². The van der Waals surface area contributed by atoms with Crippen molar-refractivity contribution in [2.24, 2.45) is 0 Å². The monoisotopic (exact) mass is 342 g/mol. The average molecular weight is 343 g/mol. The van der Waals surface area contributed by atoms with Gasteiger partial charge in [-0.25, -0.2) is 0 Å². The topological polar surface area (TPSA) is 76.7 Å². The van der Waals surface area contributed by atoms with Gasteiger partial charge >= 0.3 is 5.97 Å². The Balaban J connectivity index is 2.26. The highest BCUT2D eigenvalue weighted by Gasteiger charge is 2.08. The average Bonchev–Trinajstić information content (AvgIpc) is 2.53. The molecule has 23 heavy (non-hydrogen) atoms. The number of amides is 1. The molecule has 0 atom stereocenters. The lowest BCUT2D eigenvalue weighted by molar-refractivity contribution is -0.144. The van der Waals surface area contributed by atoms with Crippen molar-refractivity contribution in [3.63, 3.8) is 0 Å². The van der Waals surface area contributed by atoms with E-state index < -0.39 is 5.97 Å². The number of anilines is 1. The Bertz CT molecular complexity index is 523. The van der Waals surface area contributed by atoms with Crippen LogP contribution in [0.5, 0.6) is 5.75 Å². The van der Waals surface area contributed by atoms with Crippen LogP contribution in [0.4, 0.5) is 5.69 Å². The van der Waals surface area contributed by atoms with Gasteiger partial charge in [-0.05, 0) is 24.6 Å². The van der Waals surface area contributed by atoms with Crippen molar-refractivity contribution in [1.82, 2.24) is 5.32 Å². The highest BCUT2D eigenvalue weighted by molar-refractivity contribution is 6.30. The van der Waals surface area contributed by atoms with E-state index in [0.717, 1.165) is 12.8 Å². The number of carbonyl (C=O) groups is 2. The maximum absolute atomic E-state index is 11.7. The summed E-state index contributed by atoms with van der Waals surface area (Å²) in [5, 5.41) is 6.18. The van der Waals surface area contributed by atoms with Crippen molar-refractivity contribution in [3.8, 4) is 5.75 Å². The van der Waals surface area contributed by atoms with Gasteiger partial charge in [0.05, 0.1) is 19.4 Å². The quantitative estimate of drug-likeness (QED) is 0.505. The number of benzene rings is 1. The van der Waals surface area contributed by atoms with Crippen LogP contribution in [0.15, 0.2) is 18.2 Å². The molecule has 0 aliphatic heterocycles. The van der Waals surface area contributed by atoms with Crippen LogP contribution in [0.25, 0.3) is 0 Å². The lowest BCUT2D eigenvalue weighted by Gasteiger charge is -2.11. The Morgan fingerprint density at radius 3 is 2.78 bits per heavy atom. The van der Waals surface area contributed by atoms with Crippen molar-refractivity contribution in [1.29, 1.82) is 0 Å². The van der Waals surface area contributed by atoms with Crippen LogP contribution >= 0.6 is 11.6 Å². The highest BCUT2D eigenvalue weighted by Crippen LogP contribution is 2.27. The standard InChI is InChI=1S/C16H23ClN2O4/c1-3-4-9-23-16(21)11-19-15(20)7-8-18-13-10-12(17)5-6-14(13)22-2/h5-6,10,18H,3-4,7-9,11H2,1-2H3,(H,19,20). The summed E-state index contributed by atoms with van der Waals surface area (Å²) >= 11 is 5.93. The smallest absolute Gasteiger partial charge is 0.325 e. The van der Waals surface area contributed by atoms with E-state index in [1.54, 1.807) is 25.3 Å². The summed E-state index contributed by atoms with van der Waals surface area (Å²) in [5.74, 6) is -0.00323. The van der Waals surface area contributed by atoms with Crippen molar-refractivity contribution in [3.05, 3.63) is 23.2 Å². The van der Waals surface area contributed by atoms with Crippen LogP contribution in [-0.4, -0.2) is 38.7 Å². The maximum Gasteiger partial charge on any atom is 0.325 e. The number of halogens is 1. The Kier molecular flexibility index (Phi) is 8.90. The van der Waals surface area contributed by atoms with Gasteiger partial charge in [-0.2, -0.15) is 0 Å². The van der Waals surface area contributed by atoms with Gasteiger partial charge in [0.1, 0.15) is 12.3 Å². The van der Waals surface area contributed by atoms with E-state index in [4.69, 9.17) is 21.1 Å². The number of esters is 1. The van der Waals surface area contributed by atoms with Crippen LogP contribution in [0.1, 0.15) is 26.2 Å². The second kappa shape index (κ2) is 10.7. The van der Waals surface area contributed by atoms with E-state index in [1.165, 1.54) is 0 Å². The number of hydrogen-bond acceptors (Lipinski definition) is 5. The summed E-state index contributed by atoms with van der Waals surface area (Å²) in [6.07, 6.45) is 2.00. The number of ether oxygens (including phenoxy) is 2. The molecule has 0 aromatic heterocycles. The number of methoxy groups -OCH3 is 1. The van der Waals surface area contributed by atoms with E-state index in [-0.39, 0.29) is 18.9 Å². The van der Waals surface area contributed by atoms with Gasteiger partial charge in [-0.3, -0.25) is 9.59 Å². The van der Waals surface area contributed by atoms with Gasteiger partial charge in [-0.1, -0.05) is 24.9 Å². The maximum atomic E-state index is 11.7. The molecule has 0 heterocycles. The molecule has 0 saturated carbocycles. The van der Waals surface area contributed by atoms with Crippen molar-refractivity contribution < 1.29 is 19.1 Å². The summed E-state index contributed by atoms with van der Waals surface area (Å²) in [4.78, 5) is 23.0. The molecular weight excluding hydrogens is 320 g/mol. The van der Waals surface area contributed by atoms with E-state index >= 15 is 0 Å². The van der Waals surface area contributed by atoms with Crippen LogP contribution in [0.2, 0.25) is 5.02 Å². The molecule has 0 radical (unpaired) electrons. The number of rotatable bonds is 10. The fourth-order valence-corrected chi connectivity index (χ4v) is 1.94. The zero-order chi connectivity index (χ0) is 17.1. The van der Waals surface area contributed by atoms with E-state index in [2.05, 4.69) is 10.6 Å². The second-order valence-electron chi connectivity index (χ2n) is 4.87. The molecule has 0 fully saturated rings. The molecule has 128 valence electrons. The molecule has 7 heteroatoms. The molecule has 0 spiro atoms. The van der Waals surface area contributed by atoms with Crippen LogP contribution in [0, 0.1) is 0 Å². The predicted molar refractivity (Wildman–Crippen MR) is 90.0 cm³/mol. The van der Waals surface area contributed by atoms with Crippen molar-refractivity contribution in [2.45, 2.75) is 26.2 Å². The Morgan fingerprint density at radius 2 is 2.09 bits per heavy atom. The van der Waals surface area contributed by atoms with E-state index in [1.807, 2.05) is 6.92 Å². The molecule has 2 N–H and O–H groups in total. The number of carbonyl (C=O) groups excluding carboxylic acids is 2. The molecule has 0 unspecified atom stereocenters. The Hall–Kier alpha value is -1.95. The lowest BCUT2D eigenvalue weighted by Crippen LogP contribution is -2.31. The summed E-state index contributed by atoms with van der Waals surface area (Å²) in [7, 11) is 1.56. The Morgan fingerprint density at radius 1 is 1.30 bits per heavy atom. The van der Waals surface area contributed by atoms with Gasteiger partial charge < -0.3 is 20.1 Å². The molecule has 0 aliphatic rings. The zero-order valence-electron chi connectivity index (χ0n) is 13.5. The fourth-order valence-electron chi connectivity index (χ4n) is 1.77. The van der Waals surface area contributed by atoms with E-state index in [9.17, 15) is 9.59 Å². The zero-order valence-corrected chi connectivity index (χ0v) is 14.2. The van der Waals surface area contributed by atoms with Crippen LogP contribution in [0.3, 0.4) is 0 Å². The van der Waals surface area contributed by atoms with Crippen LogP contribution < -0.4 is 15.4 Å². The molecule has 1 rings (SSSR count). The minimum absolute atomic E-state index is 0.108. The third kappa shape index (κ3) is 7.74. The van der Waals surface area contributed by atoms with Gasteiger partial charge in [0.2, 0.25) is 5.91 Å². The van der Waals surface area contributed by atoms with Gasteiger partial charge in [0.15, 0.2) is 0 Å². The highest BCUT2D eigenvalue weighted by atomic mass is 35.5. The van der Waals surface area contributed by atoms with Crippen LogP contribution in [-0.2, 0) is 14.3 Å². The molecule has 1 aromatic carbocycles. The third-order valence-corrected chi connectivity index (χ3v) is 3.25. The molecule has 0 aliphatic carbocycles.